The summed E-state index contributed by atoms with van der Waals surface area (Å²) in [5, 5.41) is 3.64. The standard InChI is InChI=1S/C21H20N4O.CH4/c1-25(15-5-7-22-8-6-15)21(26)14-9-17-16-3-2-4-18-20(16)13(11-23-18)10-19(17)24-12-14;/h2-9,11,14,19,23-24H,10,12H2,1H3;1H4/p+1/t14-,19?;/m1./s1. The first kappa shape index (κ1) is 17.5. The quantitative estimate of drug-likeness (QED) is 0.736. The van der Waals surface area contributed by atoms with Crippen molar-refractivity contribution in [2.45, 2.75) is 19.9 Å². The lowest BCUT2D eigenvalue weighted by Crippen LogP contribution is -2.93. The number of fused-ring (bicyclic) bond motifs is 2. The van der Waals surface area contributed by atoms with Gasteiger partial charge in [0.05, 0.1) is 6.54 Å². The van der Waals surface area contributed by atoms with Crippen molar-refractivity contribution in [2.75, 3.05) is 18.5 Å². The molecule has 5 nitrogen and oxygen atoms in total. The molecule has 3 aromatic rings. The van der Waals surface area contributed by atoms with E-state index < -0.39 is 0 Å². The van der Waals surface area contributed by atoms with Crippen molar-refractivity contribution in [3.63, 3.8) is 0 Å². The molecule has 2 aromatic heterocycles. The van der Waals surface area contributed by atoms with Gasteiger partial charge in [0.2, 0.25) is 5.91 Å². The second-order valence-electron chi connectivity index (χ2n) is 7.16. The van der Waals surface area contributed by atoms with Crippen LogP contribution in [0.15, 0.2) is 55.0 Å². The Balaban J connectivity index is 0.00000180. The molecular weight excluding hydrogens is 336 g/mol. The molecule has 1 aromatic carbocycles. The monoisotopic (exact) mass is 361 g/mol. The van der Waals surface area contributed by atoms with Crippen molar-refractivity contribution in [1.29, 1.82) is 0 Å². The maximum absolute atomic E-state index is 13.0. The fourth-order valence-electron chi connectivity index (χ4n) is 4.34. The van der Waals surface area contributed by atoms with Crippen molar-refractivity contribution in [3.8, 4) is 0 Å². The lowest BCUT2D eigenvalue weighted by molar-refractivity contribution is -0.681. The van der Waals surface area contributed by atoms with Crippen LogP contribution >= 0.6 is 0 Å². The Hall–Kier alpha value is -2.92. The molecule has 0 saturated carbocycles. The number of nitrogens with two attached hydrogens (primary N) is 1. The van der Waals surface area contributed by atoms with Crippen LogP contribution in [0.4, 0.5) is 5.69 Å². The molecule has 138 valence electrons. The third kappa shape index (κ3) is 2.75. The molecule has 5 heteroatoms. The number of rotatable bonds is 2. The van der Waals surface area contributed by atoms with Gasteiger partial charge in [-0.25, -0.2) is 0 Å². The molecule has 3 N–H and O–H groups in total. The Morgan fingerprint density at radius 1 is 1.26 bits per heavy atom. The highest BCUT2D eigenvalue weighted by Gasteiger charge is 2.36. The van der Waals surface area contributed by atoms with E-state index in [9.17, 15) is 4.79 Å². The molecule has 3 heterocycles. The van der Waals surface area contributed by atoms with Gasteiger partial charge in [0.1, 0.15) is 12.0 Å². The number of hydrogen-bond donors (Lipinski definition) is 2. The number of hydrogen-bond acceptors (Lipinski definition) is 2. The topological polar surface area (TPSA) is 65.6 Å². The lowest BCUT2D eigenvalue weighted by atomic mass is 9.80. The molecule has 0 saturated heterocycles. The zero-order valence-corrected chi connectivity index (χ0v) is 14.6. The fraction of sp³-hybridized carbons (Fsp3) is 0.273. The van der Waals surface area contributed by atoms with Crippen molar-refractivity contribution >= 4 is 28.1 Å². The van der Waals surface area contributed by atoms with E-state index in [1.807, 2.05) is 19.2 Å². The summed E-state index contributed by atoms with van der Waals surface area (Å²) >= 11 is 0. The number of carbonyl (C=O) groups is 1. The first-order valence-corrected chi connectivity index (χ1v) is 9.04. The zero-order chi connectivity index (χ0) is 17.7. The van der Waals surface area contributed by atoms with E-state index in [0.29, 0.717) is 6.04 Å². The van der Waals surface area contributed by atoms with E-state index in [2.05, 4.69) is 45.8 Å². The summed E-state index contributed by atoms with van der Waals surface area (Å²) in [5.41, 5.74) is 6.02. The van der Waals surface area contributed by atoms with Crippen LogP contribution in [0.3, 0.4) is 0 Å². The van der Waals surface area contributed by atoms with E-state index >= 15 is 0 Å². The van der Waals surface area contributed by atoms with Gasteiger partial charge in [0.15, 0.2) is 0 Å². The number of benzene rings is 1. The minimum atomic E-state index is -0.116. The second kappa shape index (κ2) is 6.67. The predicted molar refractivity (Wildman–Crippen MR) is 108 cm³/mol. The van der Waals surface area contributed by atoms with Crippen molar-refractivity contribution < 1.29 is 10.1 Å². The average molecular weight is 361 g/mol. The second-order valence-corrected chi connectivity index (χ2v) is 7.16. The molecule has 27 heavy (non-hydrogen) atoms. The summed E-state index contributed by atoms with van der Waals surface area (Å²) in [6.07, 6.45) is 8.79. The van der Waals surface area contributed by atoms with E-state index in [1.165, 1.54) is 27.6 Å². The van der Waals surface area contributed by atoms with Crippen LogP contribution < -0.4 is 10.2 Å². The van der Waals surface area contributed by atoms with E-state index in [4.69, 9.17) is 0 Å². The maximum atomic E-state index is 13.0. The summed E-state index contributed by atoms with van der Waals surface area (Å²) < 4.78 is 0. The molecule has 0 fully saturated rings. The Bertz CT molecular complexity index is 1020. The van der Waals surface area contributed by atoms with Crippen LogP contribution in [0.25, 0.3) is 16.5 Å². The molecule has 5 rings (SSSR count). The Morgan fingerprint density at radius 3 is 2.89 bits per heavy atom. The number of H-pyrrole nitrogens is 1. The van der Waals surface area contributed by atoms with Gasteiger partial charge >= 0.3 is 0 Å². The van der Waals surface area contributed by atoms with Gasteiger partial charge in [-0.15, -0.1) is 0 Å². The number of pyridine rings is 1. The van der Waals surface area contributed by atoms with Gasteiger partial charge in [-0.1, -0.05) is 25.6 Å². The van der Waals surface area contributed by atoms with Crippen LogP contribution in [0.1, 0.15) is 18.6 Å². The number of aromatic amines is 1. The van der Waals surface area contributed by atoms with E-state index in [1.54, 1.807) is 17.3 Å². The maximum Gasteiger partial charge on any atom is 0.239 e. The molecule has 0 bridgehead atoms. The first-order chi connectivity index (χ1) is 12.7. The first-order valence-electron chi connectivity index (χ1n) is 9.04. The summed E-state index contributed by atoms with van der Waals surface area (Å²) in [7, 11) is 1.84. The van der Waals surface area contributed by atoms with Gasteiger partial charge < -0.3 is 15.2 Å². The Kier molecular flexibility index (Phi) is 4.32. The number of nitrogens with one attached hydrogen (secondary N) is 1. The Morgan fingerprint density at radius 2 is 2.07 bits per heavy atom. The molecule has 0 spiro atoms. The number of anilines is 1. The highest BCUT2D eigenvalue weighted by Crippen LogP contribution is 2.36. The number of nitrogens with zero attached hydrogens (tertiary/aromatic N) is 2. The fourth-order valence-corrected chi connectivity index (χ4v) is 4.34. The molecule has 2 atom stereocenters. The molecule has 2 aliphatic rings. The van der Waals surface area contributed by atoms with Crippen molar-refractivity contribution in [2.24, 2.45) is 5.92 Å². The summed E-state index contributed by atoms with van der Waals surface area (Å²) in [5.74, 6) is 0.0144. The zero-order valence-electron chi connectivity index (χ0n) is 14.6. The normalized spacial score (nSPS) is 20.4. The Labute approximate surface area is 159 Å². The molecular formula is C22H25N4O+. The number of amides is 1. The van der Waals surface area contributed by atoms with Crippen LogP contribution in [-0.2, 0) is 11.2 Å². The number of carbonyl (C=O) groups excluding carboxylic acids is 1. The summed E-state index contributed by atoms with van der Waals surface area (Å²) in [4.78, 5) is 22.2. The number of aromatic nitrogens is 2. The summed E-state index contributed by atoms with van der Waals surface area (Å²) in [6, 6.07) is 10.5. The SMILES string of the molecule is C.CN(C(=O)[C@@H]1C=C2c3cccc4[nH]cc(c34)CC2[NH2+]C1)c1ccncc1. The summed E-state index contributed by atoms with van der Waals surface area (Å²) in [6.45, 7) is 0.790. The van der Waals surface area contributed by atoms with Gasteiger partial charge in [-0.3, -0.25) is 9.78 Å². The average Bonchev–Trinajstić information content (AvgIpc) is 3.12. The largest absolute Gasteiger partial charge is 0.361 e. The van der Waals surface area contributed by atoms with Crippen LogP contribution in [0.5, 0.6) is 0 Å². The molecule has 1 amide bonds. The van der Waals surface area contributed by atoms with Crippen molar-refractivity contribution in [1.82, 2.24) is 9.97 Å². The highest BCUT2D eigenvalue weighted by molar-refractivity contribution is 6.01. The highest BCUT2D eigenvalue weighted by atomic mass is 16.2. The van der Waals surface area contributed by atoms with Crippen LogP contribution in [-0.4, -0.2) is 35.5 Å². The van der Waals surface area contributed by atoms with Gasteiger partial charge in [0, 0.05) is 54.2 Å². The van der Waals surface area contributed by atoms with Gasteiger partial charge in [-0.05, 0) is 29.3 Å². The van der Waals surface area contributed by atoms with Gasteiger partial charge in [-0.2, -0.15) is 0 Å². The molecule has 1 aliphatic heterocycles. The third-order valence-electron chi connectivity index (χ3n) is 5.69. The predicted octanol–water partition coefficient (Wildman–Crippen LogP) is 2.36. The molecule has 1 unspecified atom stereocenters. The minimum Gasteiger partial charge on any atom is -0.361 e. The van der Waals surface area contributed by atoms with Crippen LogP contribution in [0, 0.1) is 5.92 Å². The lowest BCUT2D eigenvalue weighted by Gasteiger charge is -2.31. The van der Waals surface area contributed by atoms with Crippen molar-refractivity contribution in [3.05, 3.63) is 66.1 Å². The van der Waals surface area contributed by atoms with E-state index in [0.717, 1.165) is 18.7 Å². The van der Waals surface area contributed by atoms with Gasteiger partial charge in [0.25, 0.3) is 0 Å². The molecule has 1 aliphatic carbocycles. The third-order valence-corrected chi connectivity index (χ3v) is 5.69. The minimum absolute atomic E-state index is 0. The smallest absolute Gasteiger partial charge is 0.239 e. The number of quaternary nitrogens is 1. The molecule has 0 radical (unpaired) electrons. The van der Waals surface area contributed by atoms with Crippen LogP contribution in [0.2, 0.25) is 0 Å². The van der Waals surface area contributed by atoms with E-state index in [-0.39, 0.29) is 19.3 Å².